The Labute approximate surface area is 190 Å². The van der Waals surface area contributed by atoms with Crippen LogP contribution in [0.15, 0.2) is 65.5 Å². The molecule has 0 aliphatic carbocycles. The summed E-state index contributed by atoms with van der Waals surface area (Å²) in [6.45, 7) is 1.20. The van der Waals surface area contributed by atoms with Gasteiger partial charge in [0.15, 0.2) is 0 Å². The normalized spacial score (nSPS) is 13.9. The van der Waals surface area contributed by atoms with Crippen LogP contribution in [0.25, 0.3) is 11.3 Å². The molecule has 1 N–H and O–H groups in total. The highest BCUT2D eigenvalue weighted by Crippen LogP contribution is 2.17. The number of nitrogens with one attached hydrogen (secondary N) is 1. The first-order valence-corrected chi connectivity index (χ1v) is 11.0. The van der Waals surface area contributed by atoms with E-state index in [0.717, 1.165) is 43.5 Å². The quantitative estimate of drug-likeness (QED) is 0.645. The lowest BCUT2D eigenvalue weighted by Crippen LogP contribution is -2.32. The summed E-state index contributed by atoms with van der Waals surface area (Å²) in [5, 5.41) is 6.97. The molecule has 170 valence electrons. The number of carbonyl (C=O) groups excluding carboxylic acids is 2. The molecule has 1 fully saturated rings. The Morgan fingerprint density at radius 1 is 0.939 bits per heavy atom. The lowest BCUT2D eigenvalue weighted by Gasteiger charge is -2.20. The summed E-state index contributed by atoms with van der Waals surface area (Å²) in [6, 6.07) is 15.4. The second kappa shape index (κ2) is 10.2. The molecule has 1 saturated heterocycles. The van der Waals surface area contributed by atoms with Crippen molar-refractivity contribution in [1.29, 1.82) is 0 Å². The molecule has 1 aliphatic rings. The van der Waals surface area contributed by atoms with Crippen molar-refractivity contribution < 1.29 is 14.0 Å². The molecule has 7 nitrogen and oxygen atoms in total. The van der Waals surface area contributed by atoms with Crippen molar-refractivity contribution in [2.45, 2.75) is 32.2 Å². The van der Waals surface area contributed by atoms with E-state index < -0.39 is 11.5 Å². The number of likely N-dealkylation sites (tertiary alicyclic amines) is 1. The predicted molar refractivity (Wildman–Crippen MR) is 123 cm³/mol. The van der Waals surface area contributed by atoms with Crippen molar-refractivity contribution >= 4 is 17.5 Å². The van der Waals surface area contributed by atoms with Crippen molar-refractivity contribution in [3.05, 3.63) is 82.4 Å². The molecule has 0 saturated carbocycles. The molecule has 0 bridgehead atoms. The van der Waals surface area contributed by atoms with Gasteiger partial charge in [-0.2, -0.15) is 5.10 Å². The Bertz CT molecular complexity index is 1200. The number of halogens is 1. The van der Waals surface area contributed by atoms with Gasteiger partial charge in [-0.3, -0.25) is 14.4 Å². The summed E-state index contributed by atoms with van der Waals surface area (Å²) in [7, 11) is 0. The Morgan fingerprint density at radius 3 is 2.39 bits per heavy atom. The first kappa shape index (κ1) is 22.4. The molecular weight excluding hydrogens is 423 g/mol. The maximum absolute atomic E-state index is 13.2. The van der Waals surface area contributed by atoms with Gasteiger partial charge in [0.05, 0.1) is 5.69 Å². The Hall–Kier alpha value is -3.81. The second-order valence-electron chi connectivity index (χ2n) is 8.06. The van der Waals surface area contributed by atoms with Gasteiger partial charge >= 0.3 is 0 Å². The fraction of sp³-hybridized carbons (Fsp3) is 0.280. The van der Waals surface area contributed by atoms with Gasteiger partial charge in [-0.1, -0.05) is 18.9 Å². The average molecular weight is 448 g/mol. The van der Waals surface area contributed by atoms with Gasteiger partial charge in [0.1, 0.15) is 12.4 Å². The monoisotopic (exact) mass is 448 g/mol. The molecule has 2 amide bonds. The van der Waals surface area contributed by atoms with Gasteiger partial charge in [0, 0.05) is 36.0 Å². The maximum atomic E-state index is 13.2. The lowest BCUT2D eigenvalue weighted by atomic mass is 10.1. The number of benzene rings is 2. The molecular formula is C25H25FN4O3. The van der Waals surface area contributed by atoms with Gasteiger partial charge < -0.3 is 10.2 Å². The van der Waals surface area contributed by atoms with Crippen molar-refractivity contribution in [1.82, 2.24) is 14.7 Å². The van der Waals surface area contributed by atoms with Gasteiger partial charge in [-0.15, -0.1) is 0 Å². The molecule has 4 rings (SSSR count). The Balaban J connectivity index is 1.45. The standard InChI is InChI=1S/C25H25FN4O3/c26-20-10-8-18(9-11-20)22-12-13-24(32)30(28-22)17-23(31)27-21-7-5-6-19(16-21)25(33)29-14-3-1-2-4-15-29/h5-13,16H,1-4,14-15,17H2,(H,27,31). The molecule has 8 heteroatoms. The Kier molecular flexibility index (Phi) is 6.92. The van der Waals surface area contributed by atoms with E-state index in [1.807, 2.05) is 4.90 Å². The van der Waals surface area contributed by atoms with E-state index in [0.29, 0.717) is 22.5 Å². The predicted octanol–water partition coefficient (Wildman–Crippen LogP) is 3.70. The number of hydrogen-bond donors (Lipinski definition) is 1. The van der Waals surface area contributed by atoms with Crippen LogP contribution in [0.5, 0.6) is 0 Å². The number of aromatic nitrogens is 2. The van der Waals surface area contributed by atoms with Crippen LogP contribution < -0.4 is 10.9 Å². The molecule has 3 aromatic rings. The second-order valence-corrected chi connectivity index (χ2v) is 8.06. The first-order valence-electron chi connectivity index (χ1n) is 11.0. The third kappa shape index (κ3) is 5.71. The minimum absolute atomic E-state index is 0.0436. The van der Waals surface area contributed by atoms with Crippen molar-refractivity contribution in [2.24, 2.45) is 0 Å². The maximum Gasteiger partial charge on any atom is 0.267 e. The molecule has 0 spiro atoms. The lowest BCUT2D eigenvalue weighted by molar-refractivity contribution is -0.117. The van der Waals surface area contributed by atoms with Crippen LogP contribution >= 0.6 is 0 Å². The van der Waals surface area contributed by atoms with Gasteiger partial charge in [-0.05, 0) is 61.4 Å². The van der Waals surface area contributed by atoms with E-state index in [2.05, 4.69) is 10.4 Å². The van der Waals surface area contributed by atoms with Crippen LogP contribution in [0.1, 0.15) is 36.0 Å². The summed E-state index contributed by atoms with van der Waals surface area (Å²) >= 11 is 0. The molecule has 33 heavy (non-hydrogen) atoms. The third-order valence-corrected chi connectivity index (χ3v) is 5.59. The summed E-state index contributed by atoms with van der Waals surface area (Å²) in [4.78, 5) is 39.5. The molecule has 1 aliphatic heterocycles. The highest BCUT2D eigenvalue weighted by atomic mass is 19.1. The highest BCUT2D eigenvalue weighted by Gasteiger charge is 2.18. The fourth-order valence-electron chi connectivity index (χ4n) is 3.86. The Morgan fingerprint density at radius 2 is 1.67 bits per heavy atom. The van der Waals surface area contributed by atoms with Gasteiger partial charge in [0.25, 0.3) is 11.5 Å². The zero-order valence-electron chi connectivity index (χ0n) is 18.2. The summed E-state index contributed by atoms with van der Waals surface area (Å²) in [6.07, 6.45) is 4.27. The van der Waals surface area contributed by atoms with E-state index in [4.69, 9.17) is 0 Å². The third-order valence-electron chi connectivity index (χ3n) is 5.59. The van der Waals surface area contributed by atoms with Crippen molar-refractivity contribution in [3.63, 3.8) is 0 Å². The zero-order chi connectivity index (χ0) is 23.2. The number of amides is 2. The highest BCUT2D eigenvalue weighted by molar-refractivity contribution is 5.97. The van der Waals surface area contributed by atoms with E-state index in [1.54, 1.807) is 36.4 Å². The molecule has 2 aromatic carbocycles. The molecule has 0 unspecified atom stereocenters. The van der Waals surface area contributed by atoms with Crippen LogP contribution in [-0.2, 0) is 11.3 Å². The SMILES string of the molecule is O=C(Cn1nc(-c2ccc(F)cc2)ccc1=O)Nc1cccc(C(=O)N2CCCCCC2)c1. The number of hydrogen-bond acceptors (Lipinski definition) is 4. The number of anilines is 1. The molecule has 1 aromatic heterocycles. The largest absolute Gasteiger partial charge is 0.339 e. The fourth-order valence-corrected chi connectivity index (χ4v) is 3.86. The van der Waals surface area contributed by atoms with Crippen LogP contribution in [0, 0.1) is 5.82 Å². The van der Waals surface area contributed by atoms with Gasteiger partial charge in [0.2, 0.25) is 5.91 Å². The summed E-state index contributed by atoms with van der Waals surface area (Å²) in [5.41, 5.74) is 1.64. The zero-order valence-corrected chi connectivity index (χ0v) is 18.2. The minimum Gasteiger partial charge on any atom is -0.339 e. The van der Waals surface area contributed by atoms with E-state index in [9.17, 15) is 18.8 Å². The van der Waals surface area contributed by atoms with Crippen LogP contribution in [0.3, 0.4) is 0 Å². The first-order chi connectivity index (χ1) is 16.0. The van der Waals surface area contributed by atoms with Gasteiger partial charge in [-0.25, -0.2) is 9.07 Å². The van der Waals surface area contributed by atoms with Crippen LogP contribution in [-0.4, -0.2) is 39.6 Å². The molecule has 0 radical (unpaired) electrons. The minimum atomic E-state index is -0.444. The molecule has 0 atom stereocenters. The topological polar surface area (TPSA) is 84.3 Å². The van der Waals surface area contributed by atoms with E-state index >= 15 is 0 Å². The summed E-state index contributed by atoms with van der Waals surface area (Å²) < 4.78 is 14.2. The van der Waals surface area contributed by atoms with E-state index in [-0.39, 0.29) is 18.3 Å². The smallest absolute Gasteiger partial charge is 0.267 e. The van der Waals surface area contributed by atoms with Crippen molar-refractivity contribution in [3.8, 4) is 11.3 Å². The average Bonchev–Trinajstić information content (AvgIpc) is 3.10. The number of rotatable bonds is 5. The van der Waals surface area contributed by atoms with Crippen LogP contribution in [0.2, 0.25) is 0 Å². The van der Waals surface area contributed by atoms with E-state index in [1.165, 1.54) is 24.3 Å². The number of carbonyl (C=O) groups is 2. The molecule has 2 heterocycles. The van der Waals surface area contributed by atoms with Crippen molar-refractivity contribution in [2.75, 3.05) is 18.4 Å². The number of nitrogens with zero attached hydrogens (tertiary/aromatic N) is 3. The summed E-state index contributed by atoms with van der Waals surface area (Å²) in [5.74, 6) is -0.860. The van der Waals surface area contributed by atoms with Crippen LogP contribution in [0.4, 0.5) is 10.1 Å².